The van der Waals surface area contributed by atoms with Gasteiger partial charge in [-0.25, -0.2) is 4.79 Å². The number of fused-ring (bicyclic) bond motifs is 1. The molecule has 4 aliphatic rings. The normalized spacial score (nSPS) is 49.2. The summed E-state index contributed by atoms with van der Waals surface area (Å²) in [6, 6.07) is 0. The highest BCUT2D eigenvalue weighted by Gasteiger charge is 2.66. The SMILES string of the molecule is C[C@]1(CO)[C@H]2CC[C@@]3(CO3)[C@@H](/C=C/C3=CCOC3=O)[C@]2(C)CC[C@H]1O. The molecule has 0 radical (unpaired) electrons. The van der Waals surface area contributed by atoms with Crippen LogP contribution in [0.4, 0.5) is 0 Å². The summed E-state index contributed by atoms with van der Waals surface area (Å²) >= 11 is 0. The third kappa shape index (κ3) is 2.43. The van der Waals surface area contributed by atoms with Crippen molar-refractivity contribution in [1.29, 1.82) is 0 Å². The minimum Gasteiger partial charge on any atom is -0.458 e. The van der Waals surface area contributed by atoms with Gasteiger partial charge in [0.25, 0.3) is 0 Å². The first-order valence-electron chi connectivity index (χ1n) is 9.34. The summed E-state index contributed by atoms with van der Waals surface area (Å²) in [5.74, 6) is 0.132. The van der Waals surface area contributed by atoms with Crippen molar-refractivity contribution in [3.05, 3.63) is 23.8 Å². The highest BCUT2D eigenvalue weighted by Crippen LogP contribution is 2.65. The standard InChI is InChI=1S/C20H28O5/c1-18-8-6-16(22)19(2,11-21)14(18)5-9-20(12-25-20)15(18)4-3-13-7-10-24-17(13)23/h3-4,7,14-16,21-22H,5-6,8-12H2,1-2H3/b4-3+/t14-,15-,16+,18+,19-,20+/m0/s1. The Morgan fingerprint density at radius 1 is 1.32 bits per heavy atom. The van der Waals surface area contributed by atoms with E-state index in [-0.39, 0.29) is 35.4 Å². The van der Waals surface area contributed by atoms with Gasteiger partial charge in [-0.05, 0) is 43.1 Å². The van der Waals surface area contributed by atoms with Crippen LogP contribution in [0.5, 0.6) is 0 Å². The Balaban J connectivity index is 1.68. The second-order valence-corrected chi connectivity index (χ2v) is 8.76. The van der Waals surface area contributed by atoms with Crippen LogP contribution < -0.4 is 0 Å². The Hall–Kier alpha value is -1.17. The smallest absolute Gasteiger partial charge is 0.338 e. The third-order valence-corrected chi connectivity index (χ3v) is 7.52. The summed E-state index contributed by atoms with van der Waals surface area (Å²) in [6.45, 7) is 5.39. The molecule has 4 rings (SSSR count). The molecule has 0 unspecified atom stereocenters. The van der Waals surface area contributed by atoms with Gasteiger partial charge in [-0.1, -0.05) is 26.0 Å². The average molecular weight is 348 g/mol. The molecule has 2 aliphatic carbocycles. The summed E-state index contributed by atoms with van der Waals surface area (Å²) in [5.41, 5.74) is -0.0716. The number of rotatable bonds is 3. The highest BCUT2D eigenvalue weighted by atomic mass is 16.6. The van der Waals surface area contributed by atoms with E-state index in [2.05, 4.69) is 13.0 Å². The zero-order valence-electron chi connectivity index (χ0n) is 15.0. The molecule has 5 nitrogen and oxygen atoms in total. The minimum absolute atomic E-state index is 0.00378. The van der Waals surface area contributed by atoms with Crippen molar-refractivity contribution in [2.45, 2.75) is 51.2 Å². The van der Waals surface area contributed by atoms with E-state index in [1.54, 1.807) is 0 Å². The van der Waals surface area contributed by atoms with Crippen molar-refractivity contribution in [2.24, 2.45) is 22.7 Å². The van der Waals surface area contributed by atoms with Crippen LogP contribution in [0.3, 0.4) is 0 Å². The lowest BCUT2D eigenvalue weighted by Crippen LogP contribution is -2.60. The van der Waals surface area contributed by atoms with Crippen molar-refractivity contribution in [2.75, 3.05) is 19.8 Å². The number of esters is 1. The average Bonchev–Trinajstić information content (AvgIpc) is 3.24. The molecular formula is C20H28O5. The predicted molar refractivity (Wildman–Crippen MR) is 91.6 cm³/mol. The van der Waals surface area contributed by atoms with E-state index in [4.69, 9.17) is 9.47 Å². The summed E-state index contributed by atoms with van der Waals surface area (Å²) in [6.07, 6.45) is 8.85. The highest BCUT2D eigenvalue weighted by molar-refractivity contribution is 5.93. The molecule has 2 heterocycles. The second kappa shape index (κ2) is 5.66. The van der Waals surface area contributed by atoms with Crippen LogP contribution in [-0.2, 0) is 14.3 Å². The number of epoxide rings is 1. The molecule has 0 aromatic carbocycles. The number of cyclic esters (lactones) is 1. The Labute approximate surface area is 148 Å². The monoisotopic (exact) mass is 348 g/mol. The molecule has 2 saturated carbocycles. The van der Waals surface area contributed by atoms with Crippen molar-refractivity contribution in [3.63, 3.8) is 0 Å². The van der Waals surface area contributed by atoms with Crippen molar-refractivity contribution >= 4 is 5.97 Å². The van der Waals surface area contributed by atoms with Crippen molar-refractivity contribution < 1.29 is 24.5 Å². The zero-order valence-corrected chi connectivity index (χ0v) is 15.0. The molecule has 1 spiro atoms. The van der Waals surface area contributed by atoms with Gasteiger partial charge in [0.1, 0.15) is 6.61 Å². The summed E-state index contributed by atoms with van der Waals surface area (Å²) in [5, 5.41) is 20.6. The van der Waals surface area contributed by atoms with Gasteiger partial charge in [-0.2, -0.15) is 0 Å². The number of carbonyl (C=O) groups is 1. The molecule has 0 bridgehead atoms. The lowest BCUT2D eigenvalue weighted by atomic mass is 9.45. The topological polar surface area (TPSA) is 79.3 Å². The Morgan fingerprint density at radius 2 is 2.08 bits per heavy atom. The summed E-state index contributed by atoms with van der Waals surface area (Å²) in [4.78, 5) is 11.7. The van der Waals surface area contributed by atoms with E-state index in [9.17, 15) is 15.0 Å². The maximum atomic E-state index is 11.7. The molecule has 0 aromatic heterocycles. The first-order valence-corrected chi connectivity index (χ1v) is 9.34. The van der Waals surface area contributed by atoms with Crippen LogP contribution in [0.1, 0.15) is 39.5 Å². The van der Waals surface area contributed by atoms with Crippen LogP contribution >= 0.6 is 0 Å². The number of carbonyl (C=O) groups excluding carboxylic acids is 1. The van der Waals surface area contributed by atoms with Gasteiger partial charge in [0.2, 0.25) is 0 Å². The molecule has 0 amide bonds. The van der Waals surface area contributed by atoms with Gasteiger partial charge in [-0.3, -0.25) is 0 Å². The molecular weight excluding hydrogens is 320 g/mol. The molecule has 3 fully saturated rings. The van der Waals surface area contributed by atoms with Crippen molar-refractivity contribution in [3.8, 4) is 0 Å². The minimum atomic E-state index is -0.485. The first-order chi connectivity index (χ1) is 11.9. The van der Waals surface area contributed by atoms with E-state index in [1.165, 1.54) is 0 Å². The molecule has 2 aliphatic heterocycles. The molecule has 1 saturated heterocycles. The number of aliphatic hydroxyl groups is 2. The third-order valence-electron chi connectivity index (χ3n) is 7.52. The van der Waals surface area contributed by atoms with Crippen LogP contribution in [0.2, 0.25) is 0 Å². The molecule has 138 valence electrons. The lowest BCUT2D eigenvalue weighted by Gasteiger charge is -2.60. The first kappa shape index (κ1) is 17.3. The number of ether oxygens (including phenoxy) is 2. The summed E-state index contributed by atoms with van der Waals surface area (Å²) < 4.78 is 10.9. The largest absolute Gasteiger partial charge is 0.458 e. The second-order valence-electron chi connectivity index (χ2n) is 8.76. The van der Waals surface area contributed by atoms with Crippen LogP contribution in [0.25, 0.3) is 0 Å². The predicted octanol–water partition coefficient (Wildman–Crippen LogP) is 1.98. The van der Waals surface area contributed by atoms with E-state index in [1.807, 2.05) is 19.1 Å². The summed E-state index contributed by atoms with van der Waals surface area (Å²) in [7, 11) is 0. The van der Waals surface area contributed by atoms with E-state index in [0.29, 0.717) is 18.6 Å². The molecule has 2 N–H and O–H groups in total. The Kier molecular flexibility index (Phi) is 3.91. The van der Waals surface area contributed by atoms with Crippen LogP contribution in [-0.4, -0.2) is 47.7 Å². The van der Waals surface area contributed by atoms with Gasteiger partial charge >= 0.3 is 5.97 Å². The van der Waals surface area contributed by atoms with Crippen molar-refractivity contribution in [1.82, 2.24) is 0 Å². The van der Waals surface area contributed by atoms with Gasteiger partial charge in [0.15, 0.2) is 0 Å². The van der Waals surface area contributed by atoms with Gasteiger partial charge in [-0.15, -0.1) is 0 Å². The van der Waals surface area contributed by atoms with Crippen LogP contribution in [0.15, 0.2) is 23.8 Å². The molecule has 25 heavy (non-hydrogen) atoms. The number of hydrogen-bond acceptors (Lipinski definition) is 5. The zero-order chi connectivity index (χ0) is 17.9. The maximum absolute atomic E-state index is 11.7. The number of hydrogen-bond donors (Lipinski definition) is 2. The Bertz CT molecular complexity index is 634. The molecule has 0 aromatic rings. The van der Waals surface area contributed by atoms with E-state index in [0.717, 1.165) is 25.9 Å². The molecule has 5 heteroatoms. The molecule has 6 atom stereocenters. The lowest BCUT2D eigenvalue weighted by molar-refractivity contribution is -0.167. The van der Waals surface area contributed by atoms with Crippen LogP contribution in [0, 0.1) is 22.7 Å². The van der Waals surface area contributed by atoms with Gasteiger partial charge in [0, 0.05) is 11.3 Å². The fourth-order valence-corrected chi connectivity index (χ4v) is 5.85. The maximum Gasteiger partial charge on any atom is 0.338 e. The fourth-order valence-electron chi connectivity index (χ4n) is 5.85. The van der Waals surface area contributed by atoms with E-state index < -0.39 is 11.5 Å². The van der Waals surface area contributed by atoms with Gasteiger partial charge < -0.3 is 19.7 Å². The fraction of sp³-hybridized carbons (Fsp3) is 0.750. The van der Waals surface area contributed by atoms with Gasteiger partial charge in [0.05, 0.1) is 30.5 Å². The van der Waals surface area contributed by atoms with E-state index >= 15 is 0 Å². The number of aliphatic hydroxyl groups excluding tert-OH is 2. The Morgan fingerprint density at radius 3 is 2.68 bits per heavy atom. The quantitative estimate of drug-likeness (QED) is 0.602.